The summed E-state index contributed by atoms with van der Waals surface area (Å²) in [4.78, 5) is 5.37. The maximum absolute atomic E-state index is 3.56. The van der Waals surface area contributed by atoms with Gasteiger partial charge in [0.25, 0.3) is 0 Å². The van der Waals surface area contributed by atoms with E-state index in [-0.39, 0.29) is 0 Å². The summed E-state index contributed by atoms with van der Waals surface area (Å²) in [6, 6.07) is 18.5. The largest absolute Gasteiger partial charge is 0.298 e. The molecule has 0 aromatic heterocycles. The summed E-state index contributed by atoms with van der Waals surface area (Å²) in [5.41, 5.74) is 3.99. The van der Waals surface area contributed by atoms with Crippen molar-refractivity contribution in [1.82, 2.24) is 9.80 Å². The van der Waals surface area contributed by atoms with Crippen molar-refractivity contribution in [2.75, 3.05) is 26.2 Å². The smallest absolute Gasteiger partial charge is 0.0234 e. The van der Waals surface area contributed by atoms with Gasteiger partial charge in [-0.3, -0.25) is 9.80 Å². The standard InChI is InChI=1S/C23H29BrN2/c24-22-6-4-5-21(17-22)20-11-9-19(10-12-20)18-25-13-15-26(16-14-25)23-7-2-1-3-8-23/h4-6,9-12,17,23H,1-3,7-8,13-16,18H2. The zero-order valence-corrected chi connectivity index (χ0v) is 17.1. The fourth-order valence-electron chi connectivity index (χ4n) is 4.46. The molecule has 2 aliphatic rings. The molecule has 1 saturated heterocycles. The minimum Gasteiger partial charge on any atom is -0.298 e. The van der Waals surface area contributed by atoms with E-state index < -0.39 is 0 Å². The maximum atomic E-state index is 3.56. The third kappa shape index (κ3) is 4.57. The molecule has 2 nitrogen and oxygen atoms in total. The lowest BCUT2D eigenvalue weighted by molar-refractivity contribution is 0.0755. The molecule has 0 amide bonds. The second kappa shape index (κ2) is 8.69. The van der Waals surface area contributed by atoms with Gasteiger partial charge >= 0.3 is 0 Å². The van der Waals surface area contributed by atoms with Crippen LogP contribution in [0.3, 0.4) is 0 Å². The van der Waals surface area contributed by atoms with E-state index in [9.17, 15) is 0 Å². The molecule has 3 heteroatoms. The van der Waals surface area contributed by atoms with Crippen LogP contribution >= 0.6 is 15.9 Å². The van der Waals surface area contributed by atoms with Crippen LogP contribution in [-0.4, -0.2) is 42.0 Å². The Balaban J connectivity index is 1.31. The summed E-state index contributed by atoms with van der Waals surface area (Å²) >= 11 is 3.56. The fourth-order valence-corrected chi connectivity index (χ4v) is 4.86. The first-order valence-electron chi connectivity index (χ1n) is 10.1. The molecule has 0 unspecified atom stereocenters. The van der Waals surface area contributed by atoms with Crippen molar-refractivity contribution in [1.29, 1.82) is 0 Å². The van der Waals surface area contributed by atoms with E-state index in [1.54, 1.807) is 0 Å². The molecule has 0 radical (unpaired) electrons. The van der Waals surface area contributed by atoms with Crippen LogP contribution in [0.25, 0.3) is 11.1 Å². The Morgan fingerprint density at radius 3 is 2.23 bits per heavy atom. The first kappa shape index (κ1) is 18.2. The predicted octanol–water partition coefficient (Wildman–Crippen LogP) is 5.57. The van der Waals surface area contributed by atoms with Gasteiger partial charge in [-0.05, 0) is 41.7 Å². The van der Waals surface area contributed by atoms with E-state index in [4.69, 9.17) is 0 Å². The lowest BCUT2D eigenvalue weighted by Gasteiger charge is -2.40. The Morgan fingerprint density at radius 2 is 1.54 bits per heavy atom. The second-order valence-corrected chi connectivity index (χ2v) is 8.73. The van der Waals surface area contributed by atoms with Gasteiger partial charge in [0.15, 0.2) is 0 Å². The van der Waals surface area contributed by atoms with Crippen LogP contribution in [0, 0.1) is 0 Å². The van der Waals surface area contributed by atoms with Crippen molar-refractivity contribution in [2.45, 2.75) is 44.7 Å². The molecule has 1 saturated carbocycles. The molecule has 1 heterocycles. The number of piperazine rings is 1. The number of hydrogen-bond donors (Lipinski definition) is 0. The molecular weight excluding hydrogens is 384 g/mol. The van der Waals surface area contributed by atoms with Crippen LogP contribution in [0.15, 0.2) is 53.0 Å². The molecule has 2 fully saturated rings. The third-order valence-electron chi connectivity index (χ3n) is 6.02. The summed E-state index contributed by atoms with van der Waals surface area (Å²) in [6.45, 7) is 6.01. The third-order valence-corrected chi connectivity index (χ3v) is 6.51. The van der Waals surface area contributed by atoms with Gasteiger partial charge in [-0.1, -0.05) is 71.6 Å². The van der Waals surface area contributed by atoms with Crippen LogP contribution in [-0.2, 0) is 6.54 Å². The van der Waals surface area contributed by atoms with E-state index in [0.717, 1.165) is 17.1 Å². The molecule has 0 bridgehead atoms. The average molecular weight is 413 g/mol. The average Bonchev–Trinajstić information content (AvgIpc) is 2.70. The molecule has 4 rings (SSSR count). The minimum absolute atomic E-state index is 0.871. The van der Waals surface area contributed by atoms with Crippen molar-refractivity contribution >= 4 is 15.9 Å². The number of hydrogen-bond acceptors (Lipinski definition) is 2. The topological polar surface area (TPSA) is 6.48 Å². The minimum atomic E-state index is 0.871. The predicted molar refractivity (Wildman–Crippen MR) is 113 cm³/mol. The summed E-state index contributed by atoms with van der Waals surface area (Å²) in [6.07, 6.45) is 7.19. The molecule has 2 aromatic carbocycles. The maximum Gasteiger partial charge on any atom is 0.0234 e. The van der Waals surface area contributed by atoms with Crippen LogP contribution in [0.5, 0.6) is 0 Å². The molecule has 0 N–H and O–H groups in total. The van der Waals surface area contributed by atoms with E-state index in [2.05, 4.69) is 74.3 Å². The molecule has 2 aromatic rings. The van der Waals surface area contributed by atoms with Gasteiger partial charge in [0.1, 0.15) is 0 Å². The molecule has 1 aliphatic carbocycles. The Morgan fingerprint density at radius 1 is 0.808 bits per heavy atom. The zero-order chi connectivity index (χ0) is 17.8. The molecule has 1 aliphatic heterocycles. The molecule has 138 valence electrons. The normalized spacial score (nSPS) is 20.3. The van der Waals surface area contributed by atoms with E-state index in [1.165, 1.54) is 75.0 Å². The number of benzene rings is 2. The van der Waals surface area contributed by atoms with Crippen LogP contribution in [0.1, 0.15) is 37.7 Å². The van der Waals surface area contributed by atoms with Gasteiger partial charge in [-0.25, -0.2) is 0 Å². The van der Waals surface area contributed by atoms with Gasteiger partial charge in [-0.15, -0.1) is 0 Å². The van der Waals surface area contributed by atoms with Gasteiger partial charge in [0, 0.05) is 43.2 Å². The molecule has 0 spiro atoms. The van der Waals surface area contributed by atoms with Crippen molar-refractivity contribution in [3.05, 3.63) is 58.6 Å². The zero-order valence-electron chi connectivity index (χ0n) is 15.5. The summed E-state index contributed by atoms with van der Waals surface area (Å²) in [5.74, 6) is 0. The number of nitrogens with zero attached hydrogens (tertiary/aromatic N) is 2. The van der Waals surface area contributed by atoms with Gasteiger partial charge in [0.2, 0.25) is 0 Å². The Labute approximate surface area is 166 Å². The first-order chi connectivity index (χ1) is 12.8. The van der Waals surface area contributed by atoms with Gasteiger partial charge in [0.05, 0.1) is 0 Å². The lowest BCUT2D eigenvalue weighted by Crippen LogP contribution is -2.50. The van der Waals surface area contributed by atoms with Gasteiger partial charge < -0.3 is 0 Å². The van der Waals surface area contributed by atoms with E-state index >= 15 is 0 Å². The summed E-state index contributed by atoms with van der Waals surface area (Å²) < 4.78 is 1.13. The highest BCUT2D eigenvalue weighted by Crippen LogP contribution is 2.25. The van der Waals surface area contributed by atoms with Crippen molar-refractivity contribution in [2.24, 2.45) is 0 Å². The highest BCUT2D eigenvalue weighted by molar-refractivity contribution is 9.10. The van der Waals surface area contributed by atoms with Crippen LogP contribution < -0.4 is 0 Å². The summed E-state index contributed by atoms with van der Waals surface area (Å²) in [7, 11) is 0. The molecule has 26 heavy (non-hydrogen) atoms. The van der Waals surface area contributed by atoms with Gasteiger partial charge in [-0.2, -0.15) is 0 Å². The number of halogens is 1. The van der Waals surface area contributed by atoms with Crippen molar-refractivity contribution in [3.63, 3.8) is 0 Å². The first-order valence-corrected chi connectivity index (χ1v) is 10.9. The monoisotopic (exact) mass is 412 g/mol. The fraction of sp³-hybridized carbons (Fsp3) is 0.478. The highest BCUT2D eigenvalue weighted by atomic mass is 79.9. The Bertz CT molecular complexity index is 698. The van der Waals surface area contributed by atoms with Crippen LogP contribution in [0.4, 0.5) is 0 Å². The van der Waals surface area contributed by atoms with E-state index in [1.807, 2.05) is 0 Å². The Kier molecular flexibility index (Phi) is 6.08. The van der Waals surface area contributed by atoms with Crippen molar-refractivity contribution < 1.29 is 0 Å². The van der Waals surface area contributed by atoms with Crippen molar-refractivity contribution in [3.8, 4) is 11.1 Å². The molecular formula is C23H29BrN2. The van der Waals surface area contributed by atoms with Crippen LogP contribution in [0.2, 0.25) is 0 Å². The Hall–Kier alpha value is -1.16. The highest BCUT2D eigenvalue weighted by Gasteiger charge is 2.24. The lowest BCUT2D eigenvalue weighted by atomic mass is 9.94. The SMILES string of the molecule is Brc1cccc(-c2ccc(CN3CCN(C4CCCCC4)CC3)cc2)c1. The second-order valence-electron chi connectivity index (χ2n) is 7.81. The van der Waals surface area contributed by atoms with E-state index in [0.29, 0.717) is 0 Å². The summed E-state index contributed by atoms with van der Waals surface area (Å²) in [5, 5.41) is 0. The molecule has 0 atom stereocenters. The quantitative estimate of drug-likeness (QED) is 0.647. The number of rotatable bonds is 4.